The summed E-state index contributed by atoms with van der Waals surface area (Å²) in [4.78, 5) is 10.3. The Morgan fingerprint density at radius 3 is 1.50 bits per heavy atom. The lowest BCUT2D eigenvalue weighted by atomic mass is 10.7. The van der Waals surface area contributed by atoms with Crippen LogP contribution in [0.3, 0.4) is 0 Å². The summed E-state index contributed by atoms with van der Waals surface area (Å²) in [7, 11) is 0. The molecule has 0 saturated heterocycles. The Kier molecular flexibility index (Phi) is 5.06. The van der Waals surface area contributed by atoms with Gasteiger partial charge in [0.05, 0.1) is 0 Å². The predicted octanol–water partition coefficient (Wildman–Crippen LogP) is 0.165. The molecule has 0 rings (SSSR count). The Bertz CT molecular complexity index is 146. The smallest absolute Gasteiger partial charge is 0.430 e. The second-order valence-corrected chi connectivity index (χ2v) is 0.875. The van der Waals surface area contributed by atoms with E-state index in [4.69, 9.17) is 21.0 Å². The molecular weight excluding hydrogens is 155 g/mol. The molecule has 0 aliphatic carbocycles. The lowest BCUT2D eigenvalue weighted by Gasteiger charge is -2.03. The summed E-state index contributed by atoms with van der Waals surface area (Å²) in [6, 6.07) is 0. The van der Waals surface area contributed by atoms with Crippen LogP contribution < -0.4 is 5.11 Å². The monoisotopic (exact) mass is 155 g/mol. The Labute approximate surface area is 52.5 Å². The van der Waals surface area contributed by atoms with Gasteiger partial charge in [0.25, 0.3) is 0 Å². The third-order valence-electron chi connectivity index (χ3n) is 0.231. The molecule has 0 aromatic rings. The first-order valence-corrected chi connectivity index (χ1v) is 1.63. The van der Waals surface area contributed by atoms with Crippen LogP contribution in [0.2, 0.25) is 0 Å². The van der Waals surface area contributed by atoms with Crippen LogP contribution in [0, 0.1) is 0 Å². The van der Waals surface area contributed by atoms with Crippen LogP contribution in [-0.2, 0) is 4.79 Å². The fraction of sp³-hybridized carbons (Fsp3) is 0.500. The van der Waals surface area contributed by atoms with Crippen molar-refractivity contribution in [3.63, 3.8) is 0 Å². The van der Waals surface area contributed by atoms with E-state index < -0.39 is 12.1 Å². The minimum absolute atomic E-state index is 1.50. The van der Waals surface area contributed by atoms with Gasteiger partial charge in [-0.05, 0) is 0 Å². The Balaban J connectivity index is 0. The maximum atomic E-state index is 10.5. The van der Waals surface area contributed by atoms with Crippen molar-refractivity contribution in [2.24, 2.45) is 0 Å². The molecule has 0 aromatic heterocycles. The van der Waals surface area contributed by atoms with E-state index >= 15 is 0 Å². The van der Waals surface area contributed by atoms with Gasteiger partial charge in [-0.2, -0.15) is 13.2 Å². The van der Waals surface area contributed by atoms with Crippen LogP contribution in [0.15, 0.2) is 0 Å². The summed E-state index contributed by atoms with van der Waals surface area (Å²) in [6.07, 6.45) is -5.19. The van der Waals surface area contributed by atoms with Crippen molar-refractivity contribution < 1.29 is 23.1 Å². The highest BCUT2D eigenvalue weighted by Crippen LogP contribution is 2.11. The van der Waals surface area contributed by atoms with Gasteiger partial charge < -0.3 is 21.0 Å². The van der Waals surface area contributed by atoms with Gasteiger partial charge in [0.1, 0.15) is 5.97 Å². The lowest BCUT2D eigenvalue weighted by molar-refractivity contribution is -0.344. The van der Waals surface area contributed by atoms with Gasteiger partial charge in [-0.25, -0.2) is 0 Å². The Hall–Kier alpha value is -1.43. The van der Waals surface area contributed by atoms with Crippen LogP contribution in [0.5, 0.6) is 0 Å². The SMILES string of the molecule is O=C([O-])C(F)(F)F.[N-]=[N+]=[N-]. The van der Waals surface area contributed by atoms with Crippen molar-refractivity contribution in [3.8, 4) is 0 Å². The summed E-state index contributed by atoms with van der Waals surface area (Å²) in [6.45, 7) is 0. The zero-order chi connectivity index (χ0) is 8.78. The number of hydrogen-bond acceptors (Lipinski definition) is 2. The molecule has 8 heteroatoms. The quantitative estimate of drug-likeness (QED) is 0.282. The van der Waals surface area contributed by atoms with Crippen LogP contribution in [0.1, 0.15) is 0 Å². The molecule has 10 heavy (non-hydrogen) atoms. The van der Waals surface area contributed by atoms with E-state index in [0.29, 0.717) is 0 Å². The van der Waals surface area contributed by atoms with E-state index in [1.807, 2.05) is 0 Å². The minimum atomic E-state index is -5.19. The molecule has 0 aromatic carbocycles. The first kappa shape index (κ1) is 11.4. The molecule has 0 saturated carbocycles. The van der Waals surface area contributed by atoms with Crippen molar-refractivity contribution >= 4 is 5.97 Å². The van der Waals surface area contributed by atoms with Gasteiger partial charge >= 0.3 is 6.18 Å². The van der Waals surface area contributed by atoms with E-state index in [-0.39, 0.29) is 0 Å². The van der Waals surface area contributed by atoms with Gasteiger partial charge in [-0.3, -0.25) is 4.91 Å². The molecule has 0 unspecified atom stereocenters. The topological polar surface area (TPSA) is 98.8 Å². The van der Waals surface area contributed by atoms with Crippen molar-refractivity contribution in [2.75, 3.05) is 0 Å². The van der Waals surface area contributed by atoms with Crippen LogP contribution in [-0.4, -0.2) is 12.1 Å². The van der Waals surface area contributed by atoms with E-state index in [1.165, 1.54) is 4.91 Å². The molecule has 0 fully saturated rings. The number of carbonyl (C=O) groups excluding carboxylic acids is 1. The van der Waals surface area contributed by atoms with Gasteiger partial charge in [-0.15, -0.1) is 0 Å². The highest BCUT2D eigenvalue weighted by molar-refractivity contribution is 5.70. The molecule has 0 amide bonds. The van der Waals surface area contributed by atoms with Crippen molar-refractivity contribution in [1.82, 2.24) is 0 Å². The number of rotatable bonds is 0. The van der Waals surface area contributed by atoms with Crippen LogP contribution in [0.25, 0.3) is 16.0 Å². The number of carboxylic acids is 1. The second-order valence-electron chi connectivity index (χ2n) is 0.875. The number of hydrogen-bond donors (Lipinski definition) is 0. The summed E-state index contributed by atoms with van der Waals surface area (Å²) in [5, 5.41) is 8.78. The highest BCUT2D eigenvalue weighted by Gasteiger charge is 2.28. The van der Waals surface area contributed by atoms with Gasteiger partial charge in [-0.1, -0.05) is 0 Å². The fourth-order valence-corrected chi connectivity index (χ4v) is 0. The molecule has 0 atom stereocenters. The molecule has 0 bridgehead atoms. The molecule has 0 N–H and O–H groups in total. The third kappa shape index (κ3) is 9.76. The fourth-order valence-electron chi connectivity index (χ4n) is 0. The maximum absolute atomic E-state index is 10.5. The molecule has 5 nitrogen and oxygen atoms in total. The number of halogens is 3. The summed E-state index contributed by atoms with van der Waals surface area (Å²) >= 11 is 0. The molecular formula is C2F3N3O2-2. The largest absolute Gasteiger partial charge is 0.542 e. The molecule has 0 heterocycles. The number of nitrogens with zero attached hydrogens (tertiary/aromatic N) is 3. The van der Waals surface area contributed by atoms with E-state index in [1.54, 1.807) is 0 Å². The van der Waals surface area contributed by atoms with Crippen molar-refractivity contribution in [2.45, 2.75) is 6.18 Å². The van der Waals surface area contributed by atoms with Gasteiger partial charge in [0.2, 0.25) is 0 Å². The molecule has 0 spiro atoms. The second kappa shape index (κ2) is 4.45. The van der Waals surface area contributed by atoms with Gasteiger partial charge in [0.15, 0.2) is 0 Å². The maximum Gasteiger partial charge on any atom is 0.430 e. The first-order chi connectivity index (χ1) is 4.36. The third-order valence-corrected chi connectivity index (χ3v) is 0.231. The molecule has 0 aliphatic heterocycles. The molecule has 0 aliphatic rings. The van der Waals surface area contributed by atoms with Crippen molar-refractivity contribution in [1.29, 1.82) is 0 Å². The van der Waals surface area contributed by atoms with Crippen molar-refractivity contribution in [3.05, 3.63) is 16.0 Å². The van der Waals surface area contributed by atoms with E-state index in [2.05, 4.69) is 0 Å². The molecule has 0 radical (unpaired) electrons. The van der Waals surface area contributed by atoms with E-state index in [9.17, 15) is 13.2 Å². The molecule has 58 valence electrons. The summed E-state index contributed by atoms with van der Waals surface area (Å²) < 4.78 is 31.5. The number of carbonyl (C=O) groups is 1. The summed E-state index contributed by atoms with van der Waals surface area (Å²) in [5.74, 6) is -3.01. The Morgan fingerprint density at radius 2 is 1.50 bits per heavy atom. The normalized spacial score (nSPS) is 8.70. The minimum Gasteiger partial charge on any atom is -0.542 e. The highest BCUT2D eigenvalue weighted by atomic mass is 19.4. The van der Waals surface area contributed by atoms with Crippen LogP contribution >= 0.6 is 0 Å². The lowest BCUT2D eigenvalue weighted by Crippen LogP contribution is -2.37. The predicted molar refractivity (Wildman–Crippen MR) is 21.1 cm³/mol. The summed E-state index contributed by atoms with van der Waals surface area (Å²) in [5.41, 5.74) is 13.5. The van der Waals surface area contributed by atoms with Gasteiger partial charge in [0, 0.05) is 0 Å². The zero-order valence-corrected chi connectivity index (χ0v) is 4.29. The average molecular weight is 155 g/mol. The Morgan fingerprint density at radius 1 is 1.40 bits per heavy atom. The number of alkyl halides is 3. The number of carboxylic acid groups (broad SMARTS) is 1. The average Bonchev–Trinajstić information content (AvgIpc) is 1.64. The van der Waals surface area contributed by atoms with Crippen LogP contribution in [0.4, 0.5) is 13.2 Å². The first-order valence-electron chi connectivity index (χ1n) is 1.63. The standard InChI is InChI=1S/C2HF3O2.N3/c3-2(4,5)1(6)7;1-3-2/h(H,6,7);/q;-1/p-1. The number of aliphatic carboxylic acids is 1. The van der Waals surface area contributed by atoms with E-state index in [0.717, 1.165) is 0 Å². The zero-order valence-electron chi connectivity index (χ0n) is 4.29.